The van der Waals surface area contributed by atoms with E-state index in [1.54, 1.807) is 12.1 Å². The van der Waals surface area contributed by atoms with Crippen LogP contribution in [0.3, 0.4) is 0 Å². The minimum Gasteiger partial charge on any atom is -0.486 e. The molecule has 110 valence electrons. The van der Waals surface area contributed by atoms with Crippen molar-refractivity contribution in [3.8, 4) is 11.5 Å². The molecule has 1 aliphatic rings. The third-order valence-electron chi connectivity index (χ3n) is 3.18. The van der Waals surface area contributed by atoms with Gasteiger partial charge in [0.15, 0.2) is 11.5 Å². The molecule has 1 aromatic rings. The van der Waals surface area contributed by atoms with Crippen LogP contribution in [0.2, 0.25) is 0 Å². The number of fused-ring (bicyclic) bond motifs is 1. The van der Waals surface area contributed by atoms with Gasteiger partial charge in [-0.3, -0.25) is 4.79 Å². The van der Waals surface area contributed by atoms with Crippen molar-refractivity contribution >= 4 is 27.5 Å². The summed E-state index contributed by atoms with van der Waals surface area (Å²) in [7, 11) is 0. The molecule has 1 amide bonds. The van der Waals surface area contributed by atoms with Gasteiger partial charge < -0.3 is 20.5 Å². The summed E-state index contributed by atoms with van der Waals surface area (Å²) in [5.41, 5.74) is 6.32. The summed E-state index contributed by atoms with van der Waals surface area (Å²) in [4.78, 5) is 12.2. The van der Waals surface area contributed by atoms with Crippen LogP contribution in [-0.4, -0.2) is 25.7 Å². The van der Waals surface area contributed by atoms with Crippen LogP contribution < -0.4 is 20.5 Å². The van der Waals surface area contributed by atoms with E-state index in [-0.39, 0.29) is 11.8 Å². The van der Waals surface area contributed by atoms with Crippen LogP contribution in [0.5, 0.6) is 11.5 Å². The Morgan fingerprint density at radius 2 is 2.05 bits per heavy atom. The Morgan fingerprint density at radius 1 is 1.40 bits per heavy atom. The molecule has 1 unspecified atom stereocenters. The third kappa shape index (κ3) is 3.43. The second-order valence-electron chi connectivity index (χ2n) is 4.69. The molecule has 0 aromatic heterocycles. The fourth-order valence-electron chi connectivity index (χ4n) is 2.10. The van der Waals surface area contributed by atoms with Gasteiger partial charge in [-0.25, -0.2) is 0 Å². The summed E-state index contributed by atoms with van der Waals surface area (Å²) in [5.74, 6) is 1.10. The number of nitrogens with two attached hydrogens (primary N) is 1. The Bertz CT molecular complexity index is 494. The quantitative estimate of drug-likeness (QED) is 0.862. The van der Waals surface area contributed by atoms with Crippen molar-refractivity contribution in [3.05, 3.63) is 16.6 Å². The molecular formula is C14H19BrN2O3. The standard InChI is InChI=1S/C14H19BrN2O3/c1-2-3-9(8-16)14(18)17-11-7-13-12(6-10(11)15)19-4-5-20-13/h6-7,9H,2-5,8,16H2,1H3,(H,17,18). The van der Waals surface area contributed by atoms with E-state index in [1.807, 2.05) is 6.92 Å². The van der Waals surface area contributed by atoms with Gasteiger partial charge in [0, 0.05) is 23.2 Å². The zero-order valence-electron chi connectivity index (χ0n) is 11.4. The van der Waals surface area contributed by atoms with Gasteiger partial charge in [-0.1, -0.05) is 13.3 Å². The summed E-state index contributed by atoms with van der Waals surface area (Å²) < 4.78 is 11.8. The molecule has 1 atom stereocenters. The van der Waals surface area contributed by atoms with Gasteiger partial charge in [-0.2, -0.15) is 0 Å². The fourth-order valence-corrected chi connectivity index (χ4v) is 2.52. The van der Waals surface area contributed by atoms with E-state index in [4.69, 9.17) is 15.2 Å². The molecular weight excluding hydrogens is 324 g/mol. The van der Waals surface area contributed by atoms with Crippen LogP contribution >= 0.6 is 15.9 Å². The number of amides is 1. The first kappa shape index (κ1) is 15.1. The molecule has 0 aliphatic carbocycles. The second kappa shape index (κ2) is 6.95. The highest BCUT2D eigenvalue weighted by Crippen LogP contribution is 2.38. The lowest BCUT2D eigenvalue weighted by molar-refractivity contribution is -0.119. The van der Waals surface area contributed by atoms with E-state index in [2.05, 4.69) is 21.2 Å². The smallest absolute Gasteiger partial charge is 0.228 e. The number of rotatable bonds is 5. The molecule has 1 heterocycles. The van der Waals surface area contributed by atoms with Crippen molar-refractivity contribution in [2.75, 3.05) is 25.1 Å². The maximum absolute atomic E-state index is 12.2. The largest absolute Gasteiger partial charge is 0.486 e. The summed E-state index contributed by atoms with van der Waals surface area (Å²) in [6.07, 6.45) is 1.71. The summed E-state index contributed by atoms with van der Waals surface area (Å²) >= 11 is 3.43. The van der Waals surface area contributed by atoms with Crippen LogP contribution in [0.25, 0.3) is 0 Å². The predicted molar refractivity (Wildman–Crippen MR) is 81.2 cm³/mol. The van der Waals surface area contributed by atoms with Gasteiger partial charge >= 0.3 is 0 Å². The molecule has 1 aliphatic heterocycles. The van der Waals surface area contributed by atoms with Crippen LogP contribution in [0, 0.1) is 5.92 Å². The van der Waals surface area contributed by atoms with Crippen molar-refractivity contribution in [3.63, 3.8) is 0 Å². The molecule has 0 bridgehead atoms. The third-order valence-corrected chi connectivity index (χ3v) is 3.84. The Morgan fingerprint density at radius 3 is 2.65 bits per heavy atom. The molecule has 0 saturated heterocycles. The number of anilines is 1. The molecule has 1 aromatic carbocycles. The maximum atomic E-state index is 12.2. The lowest BCUT2D eigenvalue weighted by Crippen LogP contribution is -2.29. The highest BCUT2D eigenvalue weighted by molar-refractivity contribution is 9.10. The van der Waals surface area contributed by atoms with E-state index >= 15 is 0 Å². The fraction of sp³-hybridized carbons (Fsp3) is 0.500. The number of hydrogen-bond donors (Lipinski definition) is 2. The zero-order valence-corrected chi connectivity index (χ0v) is 13.0. The lowest BCUT2D eigenvalue weighted by Gasteiger charge is -2.21. The highest BCUT2D eigenvalue weighted by atomic mass is 79.9. The van der Waals surface area contributed by atoms with E-state index < -0.39 is 0 Å². The van der Waals surface area contributed by atoms with E-state index in [0.717, 1.165) is 17.3 Å². The van der Waals surface area contributed by atoms with Gasteiger partial charge in [0.1, 0.15) is 13.2 Å². The van der Waals surface area contributed by atoms with Crippen molar-refractivity contribution in [2.24, 2.45) is 11.7 Å². The predicted octanol–water partition coefficient (Wildman–Crippen LogP) is 2.53. The molecule has 6 heteroatoms. The summed E-state index contributed by atoms with van der Waals surface area (Å²) in [5, 5.41) is 2.89. The minimum atomic E-state index is -0.167. The molecule has 3 N–H and O–H groups in total. The van der Waals surface area contributed by atoms with Crippen LogP contribution in [0.1, 0.15) is 19.8 Å². The van der Waals surface area contributed by atoms with Gasteiger partial charge in [0.05, 0.1) is 11.6 Å². The minimum absolute atomic E-state index is 0.0632. The SMILES string of the molecule is CCCC(CN)C(=O)Nc1cc2c(cc1Br)OCCO2. The van der Waals surface area contributed by atoms with Crippen molar-refractivity contribution in [1.29, 1.82) is 0 Å². The zero-order chi connectivity index (χ0) is 14.5. The molecule has 5 nitrogen and oxygen atoms in total. The number of nitrogens with one attached hydrogen (secondary N) is 1. The van der Waals surface area contributed by atoms with Gasteiger partial charge in [0.25, 0.3) is 0 Å². The van der Waals surface area contributed by atoms with Gasteiger partial charge in [-0.15, -0.1) is 0 Å². The highest BCUT2D eigenvalue weighted by Gasteiger charge is 2.19. The molecule has 0 fully saturated rings. The van der Waals surface area contributed by atoms with Crippen LogP contribution in [-0.2, 0) is 4.79 Å². The number of carbonyl (C=O) groups excluding carboxylic acids is 1. The molecule has 2 rings (SSSR count). The van der Waals surface area contributed by atoms with E-state index in [9.17, 15) is 4.79 Å². The number of hydrogen-bond acceptors (Lipinski definition) is 4. The number of ether oxygens (including phenoxy) is 2. The number of benzene rings is 1. The topological polar surface area (TPSA) is 73.6 Å². The molecule has 0 saturated carbocycles. The van der Waals surface area contributed by atoms with Gasteiger partial charge in [-0.05, 0) is 22.4 Å². The Balaban J connectivity index is 2.14. The maximum Gasteiger partial charge on any atom is 0.228 e. The lowest BCUT2D eigenvalue weighted by atomic mass is 10.0. The van der Waals surface area contributed by atoms with Crippen molar-refractivity contribution < 1.29 is 14.3 Å². The van der Waals surface area contributed by atoms with Crippen LogP contribution in [0.15, 0.2) is 16.6 Å². The summed E-state index contributed by atoms with van der Waals surface area (Å²) in [6.45, 7) is 3.44. The van der Waals surface area contributed by atoms with E-state index in [0.29, 0.717) is 36.9 Å². The first-order chi connectivity index (χ1) is 9.65. The van der Waals surface area contributed by atoms with Crippen molar-refractivity contribution in [2.45, 2.75) is 19.8 Å². The molecule has 20 heavy (non-hydrogen) atoms. The second-order valence-corrected chi connectivity index (χ2v) is 5.54. The first-order valence-electron chi connectivity index (χ1n) is 6.75. The van der Waals surface area contributed by atoms with Crippen molar-refractivity contribution in [1.82, 2.24) is 0 Å². The molecule has 0 spiro atoms. The number of carbonyl (C=O) groups is 1. The molecule has 0 radical (unpaired) electrons. The van der Waals surface area contributed by atoms with Gasteiger partial charge in [0.2, 0.25) is 5.91 Å². The Hall–Kier alpha value is -1.27. The Labute approximate surface area is 126 Å². The van der Waals surface area contributed by atoms with Crippen LogP contribution in [0.4, 0.5) is 5.69 Å². The summed E-state index contributed by atoms with van der Waals surface area (Å²) in [6, 6.07) is 3.58. The monoisotopic (exact) mass is 342 g/mol. The average molecular weight is 343 g/mol. The van der Waals surface area contributed by atoms with E-state index in [1.165, 1.54) is 0 Å². The average Bonchev–Trinajstić information content (AvgIpc) is 2.45. The normalized spacial score (nSPS) is 14.8. The Kier molecular flexibility index (Phi) is 5.25. The number of halogens is 1. The first-order valence-corrected chi connectivity index (χ1v) is 7.55.